The van der Waals surface area contributed by atoms with E-state index in [2.05, 4.69) is 41.0 Å². The molecule has 0 bridgehead atoms. The van der Waals surface area contributed by atoms with Crippen LogP contribution in [-0.4, -0.2) is 44.0 Å². The van der Waals surface area contributed by atoms with Crippen LogP contribution in [0.4, 0.5) is 0 Å². The summed E-state index contributed by atoms with van der Waals surface area (Å²) >= 11 is 1.71. The molecular weight excluding hydrogens is 420 g/mol. The van der Waals surface area contributed by atoms with Crippen molar-refractivity contribution in [3.63, 3.8) is 0 Å². The Balaban J connectivity index is 1.49. The monoisotopic (exact) mass is 448 g/mol. The first kappa shape index (κ1) is 22.1. The Labute approximate surface area is 193 Å². The van der Waals surface area contributed by atoms with Gasteiger partial charge in [0.05, 0.1) is 18.9 Å². The number of thiophene rings is 1. The summed E-state index contributed by atoms with van der Waals surface area (Å²) in [5.74, 6) is 0.726. The van der Waals surface area contributed by atoms with Crippen molar-refractivity contribution in [3.8, 4) is 16.2 Å². The summed E-state index contributed by atoms with van der Waals surface area (Å²) in [6, 6.07) is 20.1. The molecule has 1 N–H and O–H groups in total. The molecule has 0 aliphatic carbocycles. The second-order valence-electron chi connectivity index (χ2n) is 8.26. The van der Waals surface area contributed by atoms with Gasteiger partial charge in [0.15, 0.2) is 0 Å². The number of carbonyl (C=O) groups is 2. The van der Waals surface area contributed by atoms with E-state index in [4.69, 9.17) is 4.74 Å². The van der Waals surface area contributed by atoms with Gasteiger partial charge in [-0.1, -0.05) is 48.5 Å². The lowest BCUT2D eigenvalue weighted by Crippen LogP contribution is -2.44. The molecule has 3 aromatic rings. The van der Waals surface area contributed by atoms with Gasteiger partial charge in [-0.3, -0.25) is 9.59 Å². The smallest absolute Gasteiger partial charge is 0.228 e. The summed E-state index contributed by atoms with van der Waals surface area (Å²) in [4.78, 5) is 29.1. The lowest BCUT2D eigenvalue weighted by molar-refractivity contribution is -0.132. The summed E-state index contributed by atoms with van der Waals surface area (Å²) in [5, 5.41) is 4.90. The Morgan fingerprint density at radius 3 is 2.56 bits per heavy atom. The average Bonchev–Trinajstić information content (AvgIpc) is 3.51. The quantitative estimate of drug-likeness (QED) is 0.590. The van der Waals surface area contributed by atoms with Crippen LogP contribution in [0, 0.1) is 5.41 Å². The zero-order chi connectivity index (χ0) is 22.6. The van der Waals surface area contributed by atoms with Crippen molar-refractivity contribution >= 4 is 23.2 Å². The third-order valence-corrected chi connectivity index (χ3v) is 7.17. The first-order chi connectivity index (χ1) is 15.5. The molecule has 1 aliphatic heterocycles. The topological polar surface area (TPSA) is 58.6 Å². The van der Waals surface area contributed by atoms with Crippen LogP contribution >= 0.6 is 11.3 Å². The fourth-order valence-corrected chi connectivity index (χ4v) is 5.24. The fraction of sp³-hybridized carbons (Fsp3) is 0.308. The molecule has 4 rings (SSSR count). The minimum absolute atomic E-state index is 0.00701. The Morgan fingerprint density at radius 2 is 1.88 bits per heavy atom. The molecule has 2 heterocycles. The maximum Gasteiger partial charge on any atom is 0.228 e. The molecule has 0 spiro atoms. The molecule has 1 saturated heterocycles. The lowest BCUT2D eigenvalue weighted by Gasteiger charge is -2.28. The van der Waals surface area contributed by atoms with E-state index < -0.39 is 5.41 Å². The first-order valence-electron chi connectivity index (χ1n) is 10.8. The zero-order valence-corrected chi connectivity index (χ0v) is 19.3. The largest absolute Gasteiger partial charge is 0.496 e. The SMILES string of the molecule is CNC(=O)C1(Cc2ccc(-c3cccs3)cc2)CCN(C(=O)Cc2ccccc2OC)C1. The molecule has 1 fully saturated rings. The molecule has 32 heavy (non-hydrogen) atoms. The summed E-state index contributed by atoms with van der Waals surface area (Å²) < 4.78 is 5.39. The van der Waals surface area contributed by atoms with Crippen LogP contribution in [0.2, 0.25) is 0 Å². The van der Waals surface area contributed by atoms with E-state index >= 15 is 0 Å². The fourth-order valence-electron chi connectivity index (χ4n) is 4.50. The molecule has 6 heteroatoms. The molecule has 166 valence electrons. The van der Waals surface area contributed by atoms with Crippen LogP contribution in [-0.2, 0) is 22.4 Å². The molecule has 1 aliphatic rings. The number of carbonyl (C=O) groups excluding carboxylic acids is 2. The van der Waals surface area contributed by atoms with Gasteiger partial charge in [0.1, 0.15) is 5.75 Å². The summed E-state index contributed by atoms with van der Waals surface area (Å²) in [7, 11) is 3.28. The molecule has 0 radical (unpaired) electrons. The number of amides is 2. The normalized spacial score (nSPS) is 17.9. The highest BCUT2D eigenvalue weighted by molar-refractivity contribution is 7.13. The van der Waals surface area contributed by atoms with Crippen molar-refractivity contribution in [2.24, 2.45) is 5.41 Å². The predicted molar refractivity (Wildman–Crippen MR) is 128 cm³/mol. The highest BCUT2D eigenvalue weighted by Gasteiger charge is 2.45. The summed E-state index contributed by atoms with van der Waals surface area (Å²) in [5.41, 5.74) is 2.53. The Hall–Kier alpha value is -3.12. The first-order valence-corrected chi connectivity index (χ1v) is 11.7. The number of nitrogens with one attached hydrogen (secondary N) is 1. The number of rotatable bonds is 7. The van der Waals surface area contributed by atoms with Crippen molar-refractivity contribution < 1.29 is 14.3 Å². The van der Waals surface area contributed by atoms with Crippen LogP contribution in [0.3, 0.4) is 0 Å². The van der Waals surface area contributed by atoms with Gasteiger partial charge < -0.3 is 15.0 Å². The van der Waals surface area contributed by atoms with Gasteiger partial charge in [-0.15, -0.1) is 11.3 Å². The Kier molecular flexibility index (Phi) is 6.61. The molecule has 1 aromatic heterocycles. The molecule has 1 unspecified atom stereocenters. The van der Waals surface area contributed by atoms with Crippen LogP contribution in [0.15, 0.2) is 66.0 Å². The van der Waals surface area contributed by atoms with Crippen molar-refractivity contribution in [1.82, 2.24) is 10.2 Å². The number of para-hydroxylation sites is 1. The molecule has 2 amide bonds. The van der Waals surface area contributed by atoms with Crippen LogP contribution in [0.25, 0.3) is 10.4 Å². The number of nitrogens with zero attached hydrogens (tertiary/aromatic N) is 1. The van der Waals surface area contributed by atoms with Crippen molar-refractivity contribution in [2.45, 2.75) is 19.3 Å². The Bertz CT molecular complexity index is 1080. The van der Waals surface area contributed by atoms with Gasteiger partial charge in [-0.2, -0.15) is 0 Å². The summed E-state index contributed by atoms with van der Waals surface area (Å²) in [6.07, 6.45) is 1.52. The van der Waals surface area contributed by atoms with Crippen LogP contribution in [0.1, 0.15) is 17.5 Å². The average molecular weight is 449 g/mol. The molecular formula is C26H28N2O3S. The van der Waals surface area contributed by atoms with Crippen LogP contribution < -0.4 is 10.1 Å². The van der Waals surface area contributed by atoms with Gasteiger partial charge in [0, 0.05) is 30.6 Å². The summed E-state index contributed by atoms with van der Waals surface area (Å²) in [6.45, 7) is 1.00. The lowest BCUT2D eigenvalue weighted by atomic mass is 9.79. The number of hydrogen-bond acceptors (Lipinski definition) is 4. The zero-order valence-electron chi connectivity index (χ0n) is 18.5. The highest BCUT2D eigenvalue weighted by Crippen LogP contribution is 2.36. The second-order valence-corrected chi connectivity index (χ2v) is 9.21. The van der Waals surface area contributed by atoms with E-state index in [1.165, 1.54) is 10.4 Å². The van der Waals surface area contributed by atoms with E-state index in [0.29, 0.717) is 31.7 Å². The third-order valence-electron chi connectivity index (χ3n) is 6.25. The molecule has 2 aromatic carbocycles. The van der Waals surface area contributed by atoms with Crippen molar-refractivity contribution in [1.29, 1.82) is 0 Å². The number of methoxy groups -OCH3 is 1. The predicted octanol–water partition coefficient (Wildman–Crippen LogP) is 4.17. The van der Waals surface area contributed by atoms with E-state index in [9.17, 15) is 9.59 Å². The number of likely N-dealkylation sites (tertiary alicyclic amines) is 1. The standard InChI is InChI=1S/C26H28N2O3S/c1-27-25(30)26(17-19-9-11-20(12-10-19)23-8-5-15-32-23)13-14-28(18-26)24(29)16-21-6-3-4-7-22(21)31-2/h3-12,15H,13-14,16-18H2,1-2H3,(H,27,30). The van der Waals surface area contributed by atoms with E-state index in [0.717, 1.165) is 11.1 Å². The second kappa shape index (κ2) is 9.57. The van der Waals surface area contributed by atoms with Gasteiger partial charge >= 0.3 is 0 Å². The molecule has 5 nitrogen and oxygen atoms in total. The minimum Gasteiger partial charge on any atom is -0.496 e. The van der Waals surface area contributed by atoms with Gasteiger partial charge in [-0.05, 0) is 41.5 Å². The number of hydrogen-bond donors (Lipinski definition) is 1. The molecule has 1 atom stereocenters. The minimum atomic E-state index is -0.615. The van der Waals surface area contributed by atoms with E-state index in [1.54, 1.807) is 25.5 Å². The van der Waals surface area contributed by atoms with E-state index in [-0.39, 0.29) is 18.2 Å². The number of benzene rings is 2. The van der Waals surface area contributed by atoms with E-state index in [1.807, 2.05) is 35.2 Å². The number of ether oxygens (including phenoxy) is 1. The van der Waals surface area contributed by atoms with Crippen LogP contribution in [0.5, 0.6) is 5.75 Å². The molecule has 0 saturated carbocycles. The van der Waals surface area contributed by atoms with Gasteiger partial charge in [0.25, 0.3) is 0 Å². The van der Waals surface area contributed by atoms with Crippen molar-refractivity contribution in [3.05, 3.63) is 77.2 Å². The Morgan fingerprint density at radius 1 is 1.09 bits per heavy atom. The highest BCUT2D eigenvalue weighted by atomic mass is 32.1. The maximum atomic E-state index is 13.0. The third kappa shape index (κ3) is 4.55. The maximum absolute atomic E-state index is 13.0. The van der Waals surface area contributed by atoms with Gasteiger partial charge in [-0.25, -0.2) is 0 Å². The van der Waals surface area contributed by atoms with Gasteiger partial charge in [0.2, 0.25) is 11.8 Å². The van der Waals surface area contributed by atoms with Crippen molar-refractivity contribution in [2.75, 3.05) is 27.2 Å².